The number of halogens is 1. The molecule has 0 aliphatic carbocycles. The van der Waals surface area contributed by atoms with Crippen LogP contribution in [-0.2, 0) is 9.59 Å². The second-order valence-electron chi connectivity index (χ2n) is 4.50. The average molecular weight is 314 g/mol. The summed E-state index contributed by atoms with van der Waals surface area (Å²) < 4.78 is 18.3. The highest BCUT2D eigenvalue weighted by molar-refractivity contribution is 5.93. The van der Waals surface area contributed by atoms with E-state index in [1.165, 1.54) is 24.3 Å². The number of amides is 2. The van der Waals surface area contributed by atoms with Crippen LogP contribution in [0.15, 0.2) is 60.7 Å². The Labute approximate surface area is 132 Å². The monoisotopic (exact) mass is 314 g/mol. The molecular weight excluding hydrogens is 299 g/mol. The van der Waals surface area contributed by atoms with Gasteiger partial charge >= 0.3 is 0 Å². The van der Waals surface area contributed by atoms with E-state index in [2.05, 4.69) is 10.9 Å². The fraction of sp³-hybridized carbons (Fsp3) is 0.0588. The first-order chi connectivity index (χ1) is 11.1. The number of carbonyl (C=O) groups is 2. The van der Waals surface area contributed by atoms with Crippen molar-refractivity contribution in [1.29, 1.82) is 0 Å². The van der Waals surface area contributed by atoms with Crippen LogP contribution in [0.3, 0.4) is 0 Å². The zero-order valence-corrected chi connectivity index (χ0v) is 12.2. The van der Waals surface area contributed by atoms with Crippen LogP contribution in [0.2, 0.25) is 0 Å². The number of hydrazine groups is 1. The molecule has 0 unspecified atom stereocenters. The molecule has 5 nitrogen and oxygen atoms in total. The van der Waals surface area contributed by atoms with Gasteiger partial charge in [0.25, 0.3) is 11.8 Å². The van der Waals surface area contributed by atoms with Gasteiger partial charge < -0.3 is 4.74 Å². The van der Waals surface area contributed by atoms with Gasteiger partial charge in [0.2, 0.25) is 0 Å². The maximum absolute atomic E-state index is 13.3. The minimum absolute atomic E-state index is 0.0297. The van der Waals surface area contributed by atoms with Crippen molar-refractivity contribution in [2.45, 2.75) is 0 Å². The Balaban J connectivity index is 1.73. The Morgan fingerprint density at radius 1 is 1.00 bits per heavy atom. The van der Waals surface area contributed by atoms with Crippen molar-refractivity contribution >= 4 is 17.9 Å². The standard InChI is InChI=1S/C17H15FN2O3/c18-14-8-4-5-9-15(14)23-12-17(22)20-19-16(21)11-10-13-6-2-1-3-7-13/h1-11H,12H2,(H,19,21)(H,20,22)/b11-10+. The number of benzene rings is 2. The molecule has 0 bridgehead atoms. The predicted molar refractivity (Wildman–Crippen MR) is 83.7 cm³/mol. The summed E-state index contributed by atoms with van der Waals surface area (Å²) in [6.45, 7) is -0.413. The van der Waals surface area contributed by atoms with Crippen LogP contribution in [0.1, 0.15) is 5.56 Å². The quantitative estimate of drug-likeness (QED) is 0.656. The van der Waals surface area contributed by atoms with Gasteiger partial charge in [0.1, 0.15) is 0 Å². The molecule has 0 radical (unpaired) electrons. The van der Waals surface area contributed by atoms with Gasteiger partial charge in [0, 0.05) is 6.08 Å². The van der Waals surface area contributed by atoms with Crippen LogP contribution in [-0.4, -0.2) is 18.4 Å². The number of rotatable bonds is 5. The molecule has 2 aromatic rings. The maximum atomic E-state index is 13.3. The fourth-order valence-corrected chi connectivity index (χ4v) is 1.65. The molecule has 0 atom stereocenters. The maximum Gasteiger partial charge on any atom is 0.276 e. The topological polar surface area (TPSA) is 67.4 Å². The molecule has 0 saturated heterocycles. The zero-order chi connectivity index (χ0) is 16.5. The van der Waals surface area contributed by atoms with Crippen molar-refractivity contribution < 1.29 is 18.7 Å². The molecular formula is C17H15FN2O3. The molecule has 2 aromatic carbocycles. The first-order valence-corrected chi connectivity index (χ1v) is 6.84. The summed E-state index contributed by atoms with van der Waals surface area (Å²) >= 11 is 0. The Morgan fingerprint density at radius 2 is 1.70 bits per heavy atom. The first kappa shape index (κ1) is 16.2. The van der Waals surface area contributed by atoms with E-state index >= 15 is 0 Å². The van der Waals surface area contributed by atoms with Gasteiger partial charge in [-0.25, -0.2) is 4.39 Å². The highest BCUT2D eigenvalue weighted by Crippen LogP contribution is 2.14. The summed E-state index contributed by atoms with van der Waals surface area (Å²) in [7, 11) is 0. The molecule has 2 rings (SSSR count). The molecule has 2 amide bonds. The van der Waals surface area contributed by atoms with Crippen LogP contribution in [0.5, 0.6) is 5.75 Å². The minimum Gasteiger partial charge on any atom is -0.481 e. The lowest BCUT2D eigenvalue weighted by Gasteiger charge is -2.08. The second kappa shape index (κ2) is 8.33. The third-order valence-electron chi connectivity index (χ3n) is 2.75. The summed E-state index contributed by atoms with van der Waals surface area (Å²) in [5.41, 5.74) is 5.23. The molecule has 0 aliphatic rings. The predicted octanol–water partition coefficient (Wildman–Crippen LogP) is 2.07. The van der Waals surface area contributed by atoms with Gasteiger partial charge in [-0.2, -0.15) is 0 Å². The zero-order valence-electron chi connectivity index (χ0n) is 12.2. The lowest BCUT2D eigenvalue weighted by atomic mass is 10.2. The summed E-state index contributed by atoms with van der Waals surface area (Å²) in [5, 5.41) is 0. The smallest absolute Gasteiger partial charge is 0.276 e. The molecule has 0 heterocycles. The van der Waals surface area contributed by atoms with Gasteiger partial charge in [0.15, 0.2) is 18.2 Å². The minimum atomic E-state index is -0.602. The number of carbonyl (C=O) groups excluding carboxylic acids is 2. The average Bonchev–Trinajstić information content (AvgIpc) is 2.58. The summed E-state index contributed by atoms with van der Waals surface area (Å²) in [4.78, 5) is 23.0. The Kier molecular flexibility index (Phi) is 5.88. The molecule has 0 saturated carbocycles. The summed E-state index contributed by atoms with van der Waals surface area (Å²) in [6.07, 6.45) is 2.89. The third kappa shape index (κ3) is 5.62. The van der Waals surface area contributed by atoms with E-state index in [1.54, 1.807) is 12.1 Å². The van der Waals surface area contributed by atoms with Gasteiger partial charge in [-0.15, -0.1) is 0 Å². The number of hydrogen-bond donors (Lipinski definition) is 2. The summed E-state index contributed by atoms with van der Waals surface area (Å²) in [5.74, 6) is -1.68. The Hall–Kier alpha value is -3.15. The van der Waals surface area contributed by atoms with Crippen LogP contribution in [0.25, 0.3) is 6.08 Å². The number of ether oxygens (including phenoxy) is 1. The van der Waals surface area contributed by atoms with E-state index in [0.717, 1.165) is 5.56 Å². The summed E-state index contributed by atoms with van der Waals surface area (Å²) in [6, 6.07) is 15.0. The van der Waals surface area contributed by atoms with Crippen molar-refractivity contribution in [2.75, 3.05) is 6.61 Å². The van der Waals surface area contributed by atoms with Crippen LogP contribution in [0.4, 0.5) is 4.39 Å². The Morgan fingerprint density at radius 3 is 2.43 bits per heavy atom. The van der Waals surface area contributed by atoms with Crippen molar-refractivity contribution in [3.05, 3.63) is 72.1 Å². The van der Waals surface area contributed by atoms with Crippen molar-refractivity contribution in [3.63, 3.8) is 0 Å². The molecule has 0 aliphatic heterocycles. The second-order valence-corrected chi connectivity index (χ2v) is 4.50. The molecule has 2 N–H and O–H groups in total. The van der Waals surface area contributed by atoms with Crippen molar-refractivity contribution in [1.82, 2.24) is 10.9 Å². The van der Waals surface area contributed by atoms with Gasteiger partial charge in [-0.3, -0.25) is 20.4 Å². The van der Waals surface area contributed by atoms with Gasteiger partial charge in [0.05, 0.1) is 0 Å². The Bertz CT molecular complexity index is 702. The fourth-order valence-electron chi connectivity index (χ4n) is 1.65. The van der Waals surface area contributed by atoms with Crippen LogP contribution in [0, 0.1) is 5.82 Å². The van der Waals surface area contributed by atoms with Gasteiger partial charge in [-0.05, 0) is 23.8 Å². The normalized spacial score (nSPS) is 10.3. The molecule has 0 aromatic heterocycles. The highest BCUT2D eigenvalue weighted by Gasteiger charge is 2.06. The van der Waals surface area contributed by atoms with E-state index in [9.17, 15) is 14.0 Å². The van der Waals surface area contributed by atoms with E-state index in [0.29, 0.717) is 0 Å². The molecule has 23 heavy (non-hydrogen) atoms. The van der Waals surface area contributed by atoms with E-state index in [-0.39, 0.29) is 5.75 Å². The van der Waals surface area contributed by atoms with Crippen molar-refractivity contribution in [3.8, 4) is 5.75 Å². The van der Waals surface area contributed by atoms with E-state index < -0.39 is 24.2 Å². The van der Waals surface area contributed by atoms with Crippen LogP contribution < -0.4 is 15.6 Å². The number of para-hydroxylation sites is 1. The van der Waals surface area contributed by atoms with E-state index in [1.807, 2.05) is 30.3 Å². The number of hydrogen-bond acceptors (Lipinski definition) is 3. The molecule has 0 spiro atoms. The lowest BCUT2D eigenvalue weighted by Crippen LogP contribution is -2.43. The largest absolute Gasteiger partial charge is 0.481 e. The molecule has 118 valence electrons. The lowest BCUT2D eigenvalue weighted by molar-refractivity contribution is -0.128. The molecule has 0 fully saturated rings. The number of nitrogens with one attached hydrogen (secondary N) is 2. The van der Waals surface area contributed by atoms with Crippen molar-refractivity contribution in [2.24, 2.45) is 0 Å². The SMILES string of the molecule is O=C(/C=C/c1ccccc1)NNC(=O)COc1ccccc1F. The molecule has 6 heteroatoms. The van der Waals surface area contributed by atoms with Gasteiger partial charge in [-0.1, -0.05) is 42.5 Å². The van der Waals surface area contributed by atoms with E-state index in [4.69, 9.17) is 4.74 Å². The first-order valence-electron chi connectivity index (χ1n) is 6.84. The highest BCUT2D eigenvalue weighted by atomic mass is 19.1. The van der Waals surface area contributed by atoms with Crippen LogP contribution >= 0.6 is 0 Å². The third-order valence-corrected chi connectivity index (χ3v) is 2.75.